The van der Waals surface area contributed by atoms with E-state index in [9.17, 15) is 4.79 Å². The molecule has 1 heterocycles. The fourth-order valence-electron chi connectivity index (χ4n) is 2.16. The van der Waals surface area contributed by atoms with E-state index in [2.05, 4.69) is 4.90 Å². The Morgan fingerprint density at radius 2 is 2.36 bits per heavy atom. The summed E-state index contributed by atoms with van der Waals surface area (Å²) in [5, 5.41) is 8.91. The second-order valence-corrected chi connectivity index (χ2v) is 3.98. The van der Waals surface area contributed by atoms with E-state index in [0.717, 1.165) is 25.8 Å². The minimum Gasteiger partial charge on any atom is -0.396 e. The van der Waals surface area contributed by atoms with Gasteiger partial charge in [0.25, 0.3) is 0 Å². The zero-order valence-electron chi connectivity index (χ0n) is 8.78. The second kappa shape index (κ2) is 5.32. The lowest BCUT2D eigenvalue weighted by Gasteiger charge is -2.38. The molecule has 0 aromatic carbocycles. The van der Waals surface area contributed by atoms with Crippen LogP contribution >= 0.6 is 0 Å². The third kappa shape index (κ3) is 2.69. The van der Waals surface area contributed by atoms with Gasteiger partial charge in [0.15, 0.2) is 0 Å². The number of aliphatic hydroxyl groups excluding tert-OH is 1. The minimum atomic E-state index is -0.269. The van der Waals surface area contributed by atoms with Crippen LogP contribution in [0.4, 0.5) is 0 Å². The Labute approximate surface area is 85.1 Å². The number of primary amides is 1. The first-order chi connectivity index (χ1) is 6.66. The summed E-state index contributed by atoms with van der Waals surface area (Å²) in [7, 11) is 0. The normalized spacial score (nSPS) is 26.0. The highest BCUT2D eigenvalue weighted by Gasteiger charge is 2.28. The quantitative estimate of drug-likeness (QED) is 0.676. The van der Waals surface area contributed by atoms with Gasteiger partial charge < -0.3 is 10.8 Å². The topological polar surface area (TPSA) is 66.6 Å². The lowest BCUT2D eigenvalue weighted by molar-refractivity contribution is -0.124. The van der Waals surface area contributed by atoms with E-state index >= 15 is 0 Å². The SMILES string of the molecule is CC(C(N)=O)N1CCCCC1CCO. The van der Waals surface area contributed by atoms with Crippen molar-refractivity contribution >= 4 is 5.91 Å². The van der Waals surface area contributed by atoms with E-state index in [0.29, 0.717) is 6.04 Å². The maximum atomic E-state index is 11.1. The molecule has 3 N–H and O–H groups in total. The Morgan fingerprint density at radius 1 is 1.64 bits per heavy atom. The molecule has 82 valence electrons. The molecule has 0 bridgehead atoms. The zero-order chi connectivity index (χ0) is 10.6. The lowest BCUT2D eigenvalue weighted by atomic mass is 9.97. The molecule has 0 spiro atoms. The Bertz CT molecular complexity index is 195. The van der Waals surface area contributed by atoms with Gasteiger partial charge >= 0.3 is 0 Å². The Hall–Kier alpha value is -0.610. The van der Waals surface area contributed by atoms with Crippen molar-refractivity contribution in [2.75, 3.05) is 13.2 Å². The monoisotopic (exact) mass is 200 g/mol. The van der Waals surface area contributed by atoms with Crippen LogP contribution in [0.2, 0.25) is 0 Å². The van der Waals surface area contributed by atoms with Gasteiger partial charge in [-0.05, 0) is 32.7 Å². The molecule has 2 atom stereocenters. The number of rotatable bonds is 4. The van der Waals surface area contributed by atoms with Gasteiger partial charge in [-0.15, -0.1) is 0 Å². The van der Waals surface area contributed by atoms with E-state index in [-0.39, 0.29) is 18.6 Å². The number of carbonyl (C=O) groups is 1. The summed E-state index contributed by atoms with van der Waals surface area (Å²) in [6.45, 7) is 2.96. The van der Waals surface area contributed by atoms with Crippen LogP contribution < -0.4 is 5.73 Å². The van der Waals surface area contributed by atoms with Crippen LogP contribution in [0.1, 0.15) is 32.6 Å². The van der Waals surface area contributed by atoms with Crippen LogP contribution in [-0.4, -0.2) is 41.1 Å². The Kier molecular flexibility index (Phi) is 4.35. The maximum Gasteiger partial charge on any atom is 0.234 e. The van der Waals surface area contributed by atoms with E-state index in [1.807, 2.05) is 6.92 Å². The predicted molar refractivity (Wildman–Crippen MR) is 54.7 cm³/mol. The van der Waals surface area contributed by atoms with Gasteiger partial charge in [-0.2, -0.15) is 0 Å². The van der Waals surface area contributed by atoms with Crippen LogP contribution in [0.25, 0.3) is 0 Å². The maximum absolute atomic E-state index is 11.1. The third-order valence-corrected chi connectivity index (χ3v) is 3.04. The van der Waals surface area contributed by atoms with Gasteiger partial charge in [-0.25, -0.2) is 0 Å². The van der Waals surface area contributed by atoms with Crippen molar-refractivity contribution in [1.29, 1.82) is 0 Å². The average Bonchev–Trinajstić information content (AvgIpc) is 2.18. The first-order valence-corrected chi connectivity index (χ1v) is 5.32. The van der Waals surface area contributed by atoms with E-state index in [1.165, 1.54) is 6.42 Å². The van der Waals surface area contributed by atoms with Crippen molar-refractivity contribution in [1.82, 2.24) is 4.90 Å². The minimum absolute atomic E-state index is 0.187. The number of carbonyl (C=O) groups excluding carboxylic acids is 1. The van der Waals surface area contributed by atoms with Crippen LogP contribution in [0.3, 0.4) is 0 Å². The Morgan fingerprint density at radius 3 is 2.93 bits per heavy atom. The average molecular weight is 200 g/mol. The molecule has 4 heteroatoms. The largest absolute Gasteiger partial charge is 0.396 e. The molecule has 1 saturated heterocycles. The molecular weight excluding hydrogens is 180 g/mol. The number of likely N-dealkylation sites (tertiary alicyclic amines) is 1. The molecule has 0 aromatic rings. The summed E-state index contributed by atoms with van der Waals surface area (Å²) in [6.07, 6.45) is 4.13. The van der Waals surface area contributed by atoms with E-state index < -0.39 is 0 Å². The van der Waals surface area contributed by atoms with E-state index in [1.54, 1.807) is 0 Å². The highest BCUT2D eigenvalue weighted by atomic mass is 16.3. The highest BCUT2D eigenvalue weighted by Crippen LogP contribution is 2.21. The molecule has 2 unspecified atom stereocenters. The van der Waals surface area contributed by atoms with Crippen LogP contribution in [0.5, 0.6) is 0 Å². The van der Waals surface area contributed by atoms with Crippen molar-refractivity contribution in [2.24, 2.45) is 5.73 Å². The highest BCUT2D eigenvalue weighted by molar-refractivity contribution is 5.79. The summed E-state index contributed by atoms with van der Waals surface area (Å²) in [6, 6.07) is 0.128. The molecular formula is C10H20N2O2. The van der Waals surface area contributed by atoms with Gasteiger partial charge in [0.05, 0.1) is 6.04 Å². The third-order valence-electron chi connectivity index (χ3n) is 3.04. The number of aliphatic hydroxyl groups is 1. The molecule has 0 aromatic heterocycles. The van der Waals surface area contributed by atoms with Gasteiger partial charge in [-0.1, -0.05) is 6.42 Å². The Balaban J connectivity index is 2.57. The van der Waals surface area contributed by atoms with Crippen molar-refractivity contribution in [3.63, 3.8) is 0 Å². The van der Waals surface area contributed by atoms with Gasteiger partial charge in [0.2, 0.25) is 5.91 Å². The summed E-state index contributed by atoms with van der Waals surface area (Å²) in [5.74, 6) is -0.269. The fraction of sp³-hybridized carbons (Fsp3) is 0.900. The standard InChI is InChI=1S/C10H20N2O2/c1-8(10(11)14)12-6-3-2-4-9(12)5-7-13/h8-9,13H,2-7H2,1H3,(H2,11,14). The summed E-state index contributed by atoms with van der Waals surface area (Å²) >= 11 is 0. The summed E-state index contributed by atoms with van der Waals surface area (Å²) < 4.78 is 0. The first kappa shape index (κ1) is 11.5. The number of nitrogens with zero attached hydrogens (tertiary/aromatic N) is 1. The van der Waals surface area contributed by atoms with Crippen molar-refractivity contribution in [2.45, 2.75) is 44.7 Å². The molecule has 0 radical (unpaired) electrons. The zero-order valence-corrected chi connectivity index (χ0v) is 8.78. The first-order valence-electron chi connectivity index (χ1n) is 5.32. The number of nitrogens with two attached hydrogens (primary N) is 1. The smallest absolute Gasteiger partial charge is 0.234 e. The predicted octanol–water partition coefficient (Wildman–Crippen LogP) is 0.0971. The van der Waals surface area contributed by atoms with Crippen molar-refractivity contribution in [3.05, 3.63) is 0 Å². The number of amides is 1. The molecule has 1 amide bonds. The molecule has 14 heavy (non-hydrogen) atoms. The summed E-state index contributed by atoms with van der Waals surface area (Å²) in [4.78, 5) is 13.2. The van der Waals surface area contributed by atoms with Crippen LogP contribution in [0.15, 0.2) is 0 Å². The lowest BCUT2D eigenvalue weighted by Crippen LogP contribution is -2.50. The van der Waals surface area contributed by atoms with Crippen molar-refractivity contribution < 1.29 is 9.90 Å². The second-order valence-electron chi connectivity index (χ2n) is 3.98. The van der Waals surface area contributed by atoms with Gasteiger partial charge in [0, 0.05) is 12.6 Å². The fourth-order valence-corrected chi connectivity index (χ4v) is 2.16. The molecule has 0 aliphatic carbocycles. The molecule has 1 fully saturated rings. The van der Waals surface area contributed by atoms with Crippen molar-refractivity contribution in [3.8, 4) is 0 Å². The van der Waals surface area contributed by atoms with Gasteiger partial charge in [0.1, 0.15) is 0 Å². The molecule has 1 aliphatic heterocycles. The summed E-state index contributed by atoms with van der Waals surface area (Å²) in [5.41, 5.74) is 5.28. The molecule has 4 nitrogen and oxygen atoms in total. The van der Waals surface area contributed by atoms with Gasteiger partial charge in [-0.3, -0.25) is 9.69 Å². The number of hydrogen-bond acceptors (Lipinski definition) is 3. The van der Waals surface area contributed by atoms with E-state index in [4.69, 9.17) is 10.8 Å². The van der Waals surface area contributed by atoms with Crippen LogP contribution in [-0.2, 0) is 4.79 Å². The molecule has 1 rings (SSSR count). The number of hydrogen-bond donors (Lipinski definition) is 2. The van der Waals surface area contributed by atoms with Crippen LogP contribution in [0, 0.1) is 0 Å². The number of piperidine rings is 1. The molecule has 1 aliphatic rings. The molecule has 0 saturated carbocycles.